The van der Waals surface area contributed by atoms with Crippen LogP contribution in [0, 0.1) is 5.92 Å². The summed E-state index contributed by atoms with van der Waals surface area (Å²) in [6.45, 7) is 8.57. The van der Waals surface area contributed by atoms with E-state index in [0.29, 0.717) is 11.8 Å². The van der Waals surface area contributed by atoms with Gasteiger partial charge in [0.2, 0.25) is 0 Å². The Morgan fingerprint density at radius 3 is 2.29 bits per heavy atom. The molecule has 0 aliphatic rings. The minimum atomic E-state index is 0.274. The molecule has 0 aliphatic heterocycles. The SMILES string of the molecule is CCC(CO)CNCc1ccc(C(C)C)cc1. The Morgan fingerprint density at radius 1 is 1.18 bits per heavy atom. The minimum Gasteiger partial charge on any atom is -0.396 e. The first-order valence-corrected chi connectivity index (χ1v) is 6.57. The second-order valence-corrected chi connectivity index (χ2v) is 4.98. The first kappa shape index (κ1) is 14.2. The van der Waals surface area contributed by atoms with Crippen molar-refractivity contribution < 1.29 is 5.11 Å². The van der Waals surface area contributed by atoms with Crippen LogP contribution in [0.1, 0.15) is 44.2 Å². The molecule has 0 aromatic heterocycles. The summed E-state index contributed by atoms with van der Waals surface area (Å²) in [5.74, 6) is 0.973. The molecule has 1 unspecified atom stereocenters. The highest BCUT2D eigenvalue weighted by molar-refractivity contribution is 5.24. The predicted molar refractivity (Wildman–Crippen MR) is 73.1 cm³/mol. The van der Waals surface area contributed by atoms with Gasteiger partial charge in [0, 0.05) is 19.7 Å². The molecule has 0 spiro atoms. The Kier molecular flexibility index (Phi) is 6.23. The third-order valence-corrected chi connectivity index (χ3v) is 3.24. The Hall–Kier alpha value is -0.860. The standard InChI is InChI=1S/C15H25NO/c1-4-13(11-17)9-16-10-14-5-7-15(8-6-14)12(2)3/h5-8,12-13,16-17H,4,9-11H2,1-3H3. The molecule has 0 saturated heterocycles. The molecular weight excluding hydrogens is 210 g/mol. The quantitative estimate of drug-likeness (QED) is 0.761. The maximum atomic E-state index is 9.08. The minimum absolute atomic E-state index is 0.274. The fraction of sp³-hybridized carbons (Fsp3) is 0.600. The zero-order valence-electron chi connectivity index (χ0n) is 11.2. The lowest BCUT2D eigenvalue weighted by molar-refractivity contribution is 0.218. The van der Waals surface area contributed by atoms with Crippen LogP contribution in [0.4, 0.5) is 0 Å². The van der Waals surface area contributed by atoms with E-state index >= 15 is 0 Å². The topological polar surface area (TPSA) is 32.3 Å². The molecule has 1 rings (SSSR count). The van der Waals surface area contributed by atoms with Crippen LogP contribution in [0.3, 0.4) is 0 Å². The summed E-state index contributed by atoms with van der Waals surface area (Å²) < 4.78 is 0. The van der Waals surface area contributed by atoms with Crippen molar-refractivity contribution in [1.29, 1.82) is 0 Å². The van der Waals surface area contributed by atoms with Crippen molar-refractivity contribution >= 4 is 0 Å². The summed E-state index contributed by atoms with van der Waals surface area (Å²) in [7, 11) is 0. The molecule has 0 fully saturated rings. The van der Waals surface area contributed by atoms with Crippen molar-refractivity contribution in [2.45, 2.75) is 39.7 Å². The van der Waals surface area contributed by atoms with Gasteiger partial charge in [0.05, 0.1) is 0 Å². The van der Waals surface area contributed by atoms with Gasteiger partial charge in [0.15, 0.2) is 0 Å². The molecule has 0 radical (unpaired) electrons. The molecular formula is C15H25NO. The zero-order valence-corrected chi connectivity index (χ0v) is 11.2. The zero-order chi connectivity index (χ0) is 12.7. The largest absolute Gasteiger partial charge is 0.396 e. The molecule has 0 aliphatic carbocycles. The number of benzene rings is 1. The Balaban J connectivity index is 2.37. The Bertz CT molecular complexity index is 301. The van der Waals surface area contributed by atoms with E-state index in [4.69, 9.17) is 5.11 Å². The van der Waals surface area contributed by atoms with Crippen molar-refractivity contribution in [3.8, 4) is 0 Å². The van der Waals surface area contributed by atoms with Crippen LogP contribution in [-0.2, 0) is 6.54 Å². The molecule has 0 bridgehead atoms. The molecule has 0 saturated carbocycles. The summed E-state index contributed by atoms with van der Waals surface area (Å²) in [6, 6.07) is 8.76. The van der Waals surface area contributed by atoms with Gasteiger partial charge in [-0.3, -0.25) is 0 Å². The first-order valence-electron chi connectivity index (χ1n) is 6.57. The second kappa shape index (κ2) is 7.46. The number of aliphatic hydroxyl groups is 1. The predicted octanol–water partition coefficient (Wildman–Crippen LogP) is 2.92. The number of aliphatic hydroxyl groups excluding tert-OH is 1. The van der Waals surface area contributed by atoms with Crippen LogP contribution >= 0.6 is 0 Å². The highest BCUT2D eigenvalue weighted by atomic mass is 16.3. The summed E-state index contributed by atoms with van der Waals surface area (Å²) in [6.07, 6.45) is 1.02. The molecule has 2 N–H and O–H groups in total. The lowest BCUT2D eigenvalue weighted by atomic mass is 10.0. The number of nitrogens with one attached hydrogen (secondary N) is 1. The molecule has 2 nitrogen and oxygen atoms in total. The van der Waals surface area contributed by atoms with E-state index in [1.165, 1.54) is 11.1 Å². The van der Waals surface area contributed by atoms with E-state index < -0.39 is 0 Å². The summed E-state index contributed by atoms with van der Waals surface area (Å²) in [5, 5.41) is 12.5. The monoisotopic (exact) mass is 235 g/mol. The fourth-order valence-corrected chi connectivity index (χ4v) is 1.78. The summed E-state index contributed by atoms with van der Waals surface area (Å²) >= 11 is 0. The summed E-state index contributed by atoms with van der Waals surface area (Å²) in [5.41, 5.74) is 2.69. The van der Waals surface area contributed by atoms with Crippen LogP contribution in [0.2, 0.25) is 0 Å². The lowest BCUT2D eigenvalue weighted by Gasteiger charge is -2.13. The highest BCUT2D eigenvalue weighted by Crippen LogP contribution is 2.14. The van der Waals surface area contributed by atoms with Gasteiger partial charge in [-0.25, -0.2) is 0 Å². The van der Waals surface area contributed by atoms with Gasteiger partial charge in [-0.2, -0.15) is 0 Å². The molecule has 1 atom stereocenters. The van der Waals surface area contributed by atoms with E-state index in [1.54, 1.807) is 0 Å². The number of hydrogen-bond donors (Lipinski definition) is 2. The van der Waals surface area contributed by atoms with Gasteiger partial charge in [0.1, 0.15) is 0 Å². The molecule has 96 valence electrons. The van der Waals surface area contributed by atoms with Gasteiger partial charge < -0.3 is 10.4 Å². The molecule has 1 aromatic rings. The molecule has 1 aromatic carbocycles. The van der Waals surface area contributed by atoms with Gasteiger partial charge in [-0.15, -0.1) is 0 Å². The molecule has 0 amide bonds. The smallest absolute Gasteiger partial charge is 0.0471 e. The average molecular weight is 235 g/mol. The first-order chi connectivity index (χ1) is 8.17. The highest BCUT2D eigenvalue weighted by Gasteiger charge is 2.03. The maximum absolute atomic E-state index is 9.08. The third kappa shape index (κ3) is 4.88. The number of hydrogen-bond acceptors (Lipinski definition) is 2. The van der Waals surface area contributed by atoms with Crippen LogP contribution in [0.25, 0.3) is 0 Å². The van der Waals surface area contributed by atoms with E-state index in [2.05, 4.69) is 50.4 Å². The van der Waals surface area contributed by atoms with Crippen LogP contribution in [0.15, 0.2) is 24.3 Å². The molecule has 2 heteroatoms. The number of rotatable bonds is 7. The van der Waals surface area contributed by atoms with Crippen molar-refractivity contribution in [1.82, 2.24) is 5.32 Å². The molecule has 17 heavy (non-hydrogen) atoms. The van der Waals surface area contributed by atoms with E-state index in [1.807, 2.05) is 0 Å². The van der Waals surface area contributed by atoms with Gasteiger partial charge in [-0.1, -0.05) is 45.0 Å². The van der Waals surface area contributed by atoms with Crippen molar-refractivity contribution in [3.63, 3.8) is 0 Å². The lowest BCUT2D eigenvalue weighted by Crippen LogP contribution is -2.24. The van der Waals surface area contributed by atoms with Crippen molar-refractivity contribution in [2.24, 2.45) is 5.92 Å². The Morgan fingerprint density at radius 2 is 1.82 bits per heavy atom. The van der Waals surface area contributed by atoms with Crippen LogP contribution < -0.4 is 5.32 Å². The van der Waals surface area contributed by atoms with Gasteiger partial charge in [-0.05, 0) is 29.4 Å². The normalized spacial score (nSPS) is 13.0. The van der Waals surface area contributed by atoms with Crippen LogP contribution in [-0.4, -0.2) is 18.3 Å². The second-order valence-electron chi connectivity index (χ2n) is 4.98. The van der Waals surface area contributed by atoms with Gasteiger partial charge in [0.25, 0.3) is 0 Å². The summed E-state index contributed by atoms with van der Waals surface area (Å²) in [4.78, 5) is 0. The fourth-order valence-electron chi connectivity index (χ4n) is 1.78. The Labute approximate surface area is 105 Å². The van der Waals surface area contributed by atoms with E-state index in [9.17, 15) is 0 Å². The van der Waals surface area contributed by atoms with Crippen molar-refractivity contribution in [2.75, 3.05) is 13.2 Å². The van der Waals surface area contributed by atoms with Crippen molar-refractivity contribution in [3.05, 3.63) is 35.4 Å². The maximum Gasteiger partial charge on any atom is 0.0471 e. The van der Waals surface area contributed by atoms with Gasteiger partial charge >= 0.3 is 0 Å². The average Bonchev–Trinajstić information content (AvgIpc) is 2.35. The third-order valence-electron chi connectivity index (χ3n) is 3.24. The van der Waals surface area contributed by atoms with E-state index in [-0.39, 0.29) is 6.61 Å². The molecule has 0 heterocycles. The van der Waals surface area contributed by atoms with E-state index in [0.717, 1.165) is 19.5 Å². The van der Waals surface area contributed by atoms with Crippen LogP contribution in [0.5, 0.6) is 0 Å².